The molecule has 2 N–H and O–H groups in total. The van der Waals surface area contributed by atoms with E-state index in [1.165, 1.54) is 10.8 Å². The first kappa shape index (κ1) is 17.3. The van der Waals surface area contributed by atoms with Gasteiger partial charge in [-0.3, -0.25) is 4.79 Å². The molecule has 0 aliphatic heterocycles. The molecule has 0 aliphatic rings. The normalized spacial score (nSPS) is 11.7. The van der Waals surface area contributed by atoms with Crippen molar-refractivity contribution < 1.29 is 10.2 Å². The van der Waals surface area contributed by atoms with Crippen molar-refractivity contribution in [1.29, 1.82) is 0 Å². The van der Waals surface area contributed by atoms with Crippen LogP contribution in [0.25, 0.3) is 27.9 Å². The summed E-state index contributed by atoms with van der Waals surface area (Å²) in [5.74, 6) is 1.06. The molecule has 4 aromatic rings. The summed E-state index contributed by atoms with van der Waals surface area (Å²) in [7, 11) is 0. The van der Waals surface area contributed by atoms with Crippen LogP contribution in [0.15, 0.2) is 47.4 Å². The third-order valence-electron chi connectivity index (χ3n) is 4.58. The van der Waals surface area contributed by atoms with Crippen LogP contribution in [0.5, 0.6) is 0 Å². The van der Waals surface area contributed by atoms with Crippen LogP contribution in [0.4, 0.5) is 0 Å². The Labute approximate surface area is 154 Å². The van der Waals surface area contributed by atoms with Gasteiger partial charge in [0.2, 0.25) is 0 Å². The summed E-state index contributed by atoms with van der Waals surface area (Å²) >= 11 is 0. The minimum atomic E-state index is -0.719. The highest BCUT2D eigenvalue weighted by atomic mass is 16.3. The molecule has 0 amide bonds. The zero-order valence-electron chi connectivity index (χ0n) is 14.8. The van der Waals surface area contributed by atoms with Crippen LogP contribution in [0.1, 0.15) is 18.8 Å². The van der Waals surface area contributed by atoms with E-state index in [0.29, 0.717) is 34.6 Å². The lowest BCUT2D eigenvalue weighted by molar-refractivity contribution is 0.152. The van der Waals surface area contributed by atoms with E-state index in [4.69, 9.17) is 0 Å². The quantitative estimate of drug-likeness (QED) is 0.550. The van der Waals surface area contributed by atoms with Crippen LogP contribution in [-0.2, 0) is 6.42 Å². The molecular formula is C19H19N5O3. The number of nitrogens with zero attached hydrogens (tertiary/aromatic N) is 5. The molecular weight excluding hydrogens is 346 g/mol. The van der Waals surface area contributed by atoms with Crippen LogP contribution < -0.4 is 5.56 Å². The molecule has 0 spiro atoms. The lowest BCUT2D eigenvalue weighted by Gasteiger charge is -2.16. The largest absolute Gasteiger partial charge is 0.394 e. The summed E-state index contributed by atoms with van der Waals surface area (Å²) in [6, 6.07) is 10.4. The van der Waals surface area contributed by atoms with Crippen molar-refractivity contribution in [2.75, 3.05) is 13.2 Å². The molecule has 0 aliphatic carbocycles. The second-order valence-electron chi connectivity index (χ2n) is 6.23. The van der Waals surface area contributed by atoms with E-state index in [2.05, 4.69) is 15.1 Å². The number of aryl methyl sites for hydroxylation is 1. The summed E-state index contributed by atoms with van der Waals surface area (Å²) in [5, 5.41) is 23.9. The molecule has 0 atom stereocenters. The van der Waals surface area contributed by atoms with Gasteiger partial charge in [0.05, 0.1) is 35.9 Å². The number of rotatable bonds is 5. The van der Waals surface area contributed by atoms with Crippen molar-refractivity contribution in [2.24, 2.45) is 0 Å². The average molecular weight is 365 g/mol. The molecule has 138 valence electrons. The van der Waals surface area contributed by atoms with Crippen molar-refractivity contribution in [3.8, 4) is 11.3 Å². The number of aliphatic hydroxyl groups is 2. The fourth-order valence-electron chi connectivity index (χ4n) is 3.17. The van der Waals surface area contributed by atoms with Crippen molar-refractivity contribution >= 4 is 16.7 Å². The summed E-state index contributed by atoms with van der Waals surface area (Å²) < 4.78 is 2.93. The number of aliphatic hydroxyl groups excluding tert-OH is 2. The maximum Gasteiger partial charge on any atom is 0.262 e. The third kappa shape index (κ3) is 2.79. The van der Waals surface area contributed by atoms with Gasteiger partial charge in [-0.15, -0.1) is 5.10 Å². The number of pyridine rings is 1. The van der Waals surface area contributed by atoms with E-state index >= 15 is 0 Å². The predicted molar refractivity (Wildman–Crippen MR) is 101 cm³/mol. The zero-order valence-corrected chi connectivity index (χ0v) is 14.8. The Morgan fingerprint density at radius 2 is 1.81 bits per heavy atom. The molecule has 3 heterocycles. The van der Waals surface area contributed by atoms with Crippen molar-refractivity contribution in [3.63, 3.8) is 0 Å². The van der Waals surface area contributed by atoms with Gasteiger partial charge >= 0.3 is 0 Å². The van der Waals surface area contributed by atoms with Gasteiger partial charge in [-0.25, -0.2) is 4.98 Å². The molecule has 4 rings (SSSR count). The second kappa shape index (κ2) is 6.90. The smallest absolute Gasteiger partial charge is 0.262 e. The van der Waals surface area contributed by atoms with Crippen molar-refractivity contribution in [3.05, 3.63) is 58.8 Å². The zero-order chi connectivity index (χ0) is 19.0. The van der Waals surface area contributed by atoms with E-state index in [1.54, 1.807) is 10.6 Å². The van der Waals surface area contributed by atoms with Gasteiger partial charge < -0.3 is 14.8 Å². The van der Waals surface area contributed by atoms with Crippen LogP contribution in [0.3, 0.4) is 0 Å². The lowest BCUT2D eigenvalue weighted by atomic mass is 10.1. The van der Waals surface area contributed by atoms with E-state index in [0.717, 1.165) is 5.56 Å². The minimum absolute atomic E-state index is 0.345. The Morgan fingerprint density at radius 1 is 1.07 bits per heavy atom. The number of benzene rings is 1. The highest BCUT2D eigenvalue weighted by Gasteiger charge is 2.20. The fourth-order valence-corrected chi connectivity index (χ4v) is 3.17. The SMILES string of the molecule is CCc1nc2nc3ccn(C(CO)CO)c(=O)c3c(-c3ccccc3)n2n1. The summed E-state index contributed by atoms with van der Waals surface area (Å²) in [4.78, 5) is 22.2. The molecule has 0 saturated carbocycles. The van der Waals surface area contributed by atoms with E-state index < -0.39 is 6.04 Å². The van der Waals surface area contributed by atoms with Crippen LogP contribution in [-0.4, -0.2) is 47.6 Å². The van der Waals surface area contributed by atoms with Gasteiger partial charge in [0.15, 0.2) is 5.82 Å². The number of hydrogen-bond donors (Lipinski definition) is 2. The molecule has 3 aromatic heterocycles. The highest BCUT2D eigenvalue weighted by Crippen LogP contribution is 2.26. The summed E-state index contributed by atoms with van der Waals surface area (Å²) in [6.07, 6.45) is 2.19. The molecule has 8 nitrogen and oxygen atoms in total. The Bertz CT molecular complexity index is 1160. The Morgan fingerprint density at radius 3 is 2.48 bits per heavy atom. The van der Waals surface area contributed by atoms with Crippen LogP contribution in [0.2, 0.25) is 0 Å². The summed E-state index contributed by atoms with van der Waals surface area (Å²) in [5.41, 5.74) is 1.55. The van der Waals surface area contributed by atoms with E-state index in [-0.39, 0.29) is 18.8 Å². The van der Waals surface area contributed by atoms with E-state index in [1.807, 2.05) is 37.3 Å². The first-order chi connectivity index (χ1) is 13.2. The van der Waals surface area contributed by atoms with Gasteiger partial charge in [-0.05, 0) is 6.07 Å². The average Bonchev–Trinajstić information content (AvgIpc) is 3.12. The lowest BCUT2D eigenvalue weighted by Crippen LogP contribution is -2.29. The van der Waals surface area contributed by atoms with Gasteiger partial charge in [0.25, 0.3) is 11.3 Å². The van der Waals surface area contributed by atoms with Gasteiger partial charge in [0, 0.05) is 18.2 Å². The second-order valence-corrected chi connectivity index (χ2v) is 6.23. The van der Waals surface area contributed by atoms with Crippen LogP contribution >= 0.6 is 0 Å². The van der Waals surface area contributed by atoms with Gasteiger partial charge in [-0.1, -0.05) is 37.3 Å². The highest BCUT2D eigenvalue weighted by molar-refractivity contribution is 5.93. The first-order valence-electron chi connectivity index (χ1n) is 8.75. The number of aromatic nitrogens is 5. The maximum atomic E-state index is 13.2. The number of hydrogen-bond acceptors (Lipinski definition) is 6. The number of fused-ring (bicyclic) bond motifs is 2. The first-order valence-corrected chi connectivity index (χ1v) is 8.75. The molecule has 0 unspecified atom stereocenters. The Hall–Kier alpha value is -3.10. The molecule has 27 heavy (non-hydrogen) atoms. The standard InChI is InChI=1S/C19H19N5O3/c1-2-15-21-19-20-14-8-9-23(13(10-25)11-26)18(27)16(14)17(24(19)22-15)12-6-4-3-5-7-12/h3-9,13,25-26H,2,10-11H2,1H3. The maximum absolute atomic E-state index is 13.2. The van der Waals surface area contributed by atoms with Gasteiger partial charge in [-0.2, -0.15) is 9.50 Å². The Balaban J connectivity index is 2.16. The van der Waals surface area contributed by atoms with E-state index in [9.17, 15) is 15.0 Å². The Kier molecular flexibility index (Phi) is 4.43. The monoisotopic (exact) mass is 365 g/mol. The molecule has 8 heteroatoms. The minimum Gasteiger partial charge on any atom is -0.394 e. The van der Waals surface area contributed by atoms with Gasteiger partial charge in [0.1, 0.15) is 0 Å². The molecule has 0 bridgehead atoms. The topological polar surface area (TPSA) is 106 Å². The van der Waals surface area contributed by atoms with Crippen molar-refractivity contribution in [1.82, 2.24) is 24.1 Å². The predicted octanol–water partition coefficient (Wildman–Crippen LogP) is 1.19. The third-order valence-corrected chi connectivity index (χ3v) is 4.58. The molecule has 0 radical (unpaired) electrons. The van der Waals surface area contributed by atoms with Crippen molar-refractivity contribution in [2.45, 2.75) is 19.4 Å². The molecule has 1 aromatic carbocycles. The van der Waals surface area contributed by atoms with Crippen LogP contribution in [0, 0.1) is 0 Å². The molecule has 0 saturated heterocycles. The molecule has 0 fully saturated rings. The summed E-state index contributed by atoms with van der Waals surface area (Å²) in [6.45, 7) is 1.26. The fraction of sp³-hybridized carbons (Fsp3) is 0.263.